The number of rotatable bonds is 5. The number of fused-ring (bicyclic) bond motifs is 4. The number of benzene rings is 1. The molecule has 2 saturated heterocycles. The monoisotopic (exact) mass is 407 g/mol. The van der Waals surface area contributed by atoms with Gasteiger partial charge in [0.25, 0.3) is 0 Å². The normalized spacial score (nSPS) is 28.3. The summed E-state index contributed by atoms with van der Waals surface area (Å²) in [6, 6.07) is 4.87. The summed E-state index contributed by atoms with van der Waals surface area (Å²) in [7, 11) is -1.51. The summed E-state index contributed by atoms with van der Waals surface area (Å²) < 4.78 is 33.3. The lowest BCUT2D eigenvalue weighted by molar-refractivity contribution is 0.0219. The molecule has 28 heavy (non-hydrogen) atoms. The van der Waals surface area contributed by atoms with E-state index in [1.807, 2.05) is 4.31 Å². The van der Waals surface area contributed by atoms with E-state index >= 15 is 0 Å². The molecule has 3 heterocycles. The largest absolute Gasteiger partial charge is 0.496 e. The lowest BCUT2D eigenvalue weighted by atomic mass is 9.77. The zero-order valence-electron chi connectivity index (χ0n) is 17.1. The summed E-state index contributed by atoms with van der Waals surface area (Å²) in [5.41, 5.74) is 9.45. The second-order valence-corrected chi connectivity index (χ2v) is 10.6. The number of aryl methyl sites for hydroxylation is 1. The Bertz CT molecular complexity index is 826. The maximum Gasteiger partial charge on any atom is 0.214 e. The first-order valence-corrected chi connectivity index (χ1v) is 12.2. The van der Waals surface area contributed by atoms with Crippen LogP contribution in [-0.2, 0) is 16.4 Å². The third-order valence-electron chi connectivity index (χ3n) is 6.89. The molecule has 156 valence electrons. The summed E-state index contributed by atoms with van der Waals surface area (Å²) in [6.45, 7) is 5.23. The highest BCUT2D eigenvalue weighted by Gasteiger charge is 2.45. The lowest BCUT2D eigenvalue weighted by Crippen LogP contribution is -2.57. The molecular formula is C21H33N3O3S. The van der Waals surface area contributed by atoms with Crippen LogP contribution in [0.25, 0.3) is 0 Å². The first-order chi connectivity index (χ1) is 13.4. The number of hydrogen-bond donors (Lipinski definition) is 1. The molecule has 4 rings (SSSR count). The number of ether oxygens (including phenoxy) is 1. The average Bonchev–Trinajstić information content (AvgIpc) is 2.70. The van der Waals surface area contributed by atoms with E-state index in [0.29, 0.717) is 31.5 Å². The van der Waals surface area contributed by atoms with Crippen molar-refractivity contribution in [3.05, 3.63) is 28.8 Å². The van der Waals surface area contributed by atoms with E-state index in [1.54, 1.807) is 7.11 Å². The zero-order chi connectivity index (χ0) is 19.9. The number of methoxy groups -OCH3 is 1. The van der Waals surface area contributed by atoms with E-state index in [1.165, 1.54) is 11.1 Å². The van der Waals surface area contributed by atoms with Crippen molar-refractivity contribution in [3.8, 4) is 5.75 Å². The van der Waals surface area contributed by atoms with Crippen molar-refractivity contribution in [1.82, 2.24) is 9.21 Å². The summed E-state index contributed by atoms with van der Waals surface area (Å²) in [5.74, 6) is 1.57. The summed E-state index contributed by atoms with van der Waals surface area (Å²) >= 11 is 0. The van der Waals surface area contributed by atoms with Gasteiger partial charge in [0.2, 0.25) is 10.0 Å². The van der Waals surface area contributed by atoms with Crippen LogP contribution in [0.1, 0.15) is 48.4 Å². The number of nitrogens with zero attached hydrogens (tertiary/aromatic N) is 2. The van der Waals surface area contributed by atoms with Gasteiger partial charge < -0.3 is 10.5 Å². The summed E-state index contributed by atoms with van der Waals surface area (Å²) in [6.07, 6.45) is 4.57. The van der Waals surface area contributed by atoms with Gasteiger partial charge in [0, 0.05) is 31.7 Å². The Morgan fingerprint density at radius 1 is 1.29 bits per heavy atom. The van der Waals surface area contributed by atoms with Gasteiger partial charge >= 0.3 is 0 Å². The van der Waals surface area contributed by atoms with Crippen LogP contribution in [0, 0.1) is 12.8 Å². The van der Waals surface area contributed by atoms with Crippen molar-refractivity contribution < 1.29 is 13.2 Å². The Morgan fingerprint density at radius 2 is 2.11 bits per heavy atom. The minimum atomic E-state index is -3.24. The van der Waals surface area contributed by atoms with Crippen LogP contribution in [-0.4, -0.2) is 62.7 Å². The molecule has 6 nitrogen and oxygen atoms in total. The average molecular weight is 408 g/mol. The molecule has 0 radical (unpaired) electrons. The van der Waals surface area contributed by atoms with Gasteiger partial charge in [-0.1, -0.05) is 6.07 Å². The van der Waals surface area contributed by atoms with E-state index in [-0.39, 0.29) is 11.8 Å². The minimum absolute atomic E-state index is 0.117. The highest BCUT2D eigenvalue weighted by Crippen LogP contribution is 2.44. The fourth-order valence-corrected chi connectivity index (χ4v) is 7.34. The SMILES string of the molecule is COc1cc2c(cc1C)[C@@H]1C[C@H]3[C@H](CCCN3S(=O)(=O)CCCN)CN1CC2. The van der Waals surface area contributed by atoms with Crippen molar-refractivity contribution in [3.63, 3.8) is 0 Å². The van der Waals surface area contributed by atoms with E-state index in [9.17, 15) is 8.42 Å². The summed E-state index contributed by atoms with van der Waals surface area (Å²) in [5, 5.41) is 0. The number of hydrogen-bond acceptors (Lipinski definition) is 5. The molecule has 2 fully saturated rings. The van der Waals surface area contributed by atoms with Crippen molar-refractivity contribution >= 4 is 10.0 Å². The molecule has 0 bridgehead atoms. The van der Waals surface area contributed by atoms with Crippen molar-refractivity contribution in [2.24, 2.45) is 11.7 Å². The number of piperidine rings is 2. The molecule has 3 aliphatic rings. The lowest BCUT2D eigenvalue weighted by Gasteiger charge is -2.51. The van der Waals surface area contributed by atoms with Gasteiger partial charge in [0.05, 0.1) is 12.9 Å². The molecule has 0 amide bonds. The molecule has 0 saturated carbocycles. The third-order valence-corrected chi connectivity index (χ3v) is 8.86. The molecule has 0 aliphatic carbocycles. The molecule has 3 aliphatic heterocycles. The van der Waals surface area contributed by atoms with Gasteiger partial charge in [-0.2, -0.15) is 4.31 Å². The molecule has 7 heteroatoms. The summed E-state index contributed by atoms with van der Waals surface area (Å²) in [4.78, 5) is 2.59. The van der Waals surface area contributed by atoms with Gasteiger partial charge in [0.1, 0.15) is 5.75 Å². The maximum atomic E-state index is 13.0. The van der Waals surface area contributed by atoms with E-state index in [0.717, 1.165) is 50.1 Å². The second-order valence-electron chi connectivity index (χ2n) is 8.56. The van der Waals surface area contributed by atoms with Gasteiger partial charge in [-0.3, -0.25) is 4.90 Å². The van der Waals surface area contributed by atoms with Gasteiger partial charge in [-0.15, -0.1) is 0 Å². The smallest absolute Gasteiger partial charge is 0.214 e. The zero-order valence-corrected chi connectivity index (χ0v) is 17.9. The molecule has 0 spiro atoms. The van der Waals surface area contributed by atoms with Crippen LogP contribution >= 0.6 is 0 Å². The van der Waals surface area contributed by atoms with Crippen molar-refractivity contribution in [2.75, 3.05) is 39.0 Å². The molecule has 3 atom stereocenters. The predicted octanol–water partition coefficient (Wildman–Crippen LogP) is 2.07. The van der Waals surface area contributed by atoms with Crippen LogP contribution in [0.15, 0.2) is 12.1 Å². The van der Waals surface area contributed by atoms with Crippen LogP contribution in [0.4, 0.5) is 0 Å². The molecule has 0 unspecified atom stereocenters. The predicted molar refractivity (Wildman–Crippen MR) is 111 cm³/mol. The van der Waals surface area contributed by atoms with Crippen molar-refractivity contribution in [2.45, 2.75) is 51.1 Å². The van der Waals surface area contributed by atoms with Crippen LogP contribution < -0.4 is 10.5 Å². The van der Waals surface area contributed by atoms with Gasteiger partial charge in [-0.05, 0) is 74.2 Å². The van der Waals surface area contributed by atoms with Crippen molar-refractivity contribution in [1.29, 1.82) is 0 Å². The third kappa shape index (κ3) is 3.58. The molecule has 0 aromatic heterocycles. The molecule has 1 aromatic carbocycles. The molecular weight excluding hydrogens is 374 g/mol. The Labute approximate surface area is 169 Å². The van der Waals surface area contributed by atoms with E-state index in [4.69, 9.17) is 10.5 Å². The Kier molecular flexibility index (Phi) is 5.71. The molecule has 1 aromatic rings. The first kappa shape index (κ1) is 20.1. The van der Waals surface area contributed by atoms with Crippen LogP contribution in [0.5, 0.6) is 5.75 Å². The Hall–Kier alpha value is -1.15. The quantitative estimate of drug-likeness (QED) is 0.809. The van der Waals surface area contributed by atoms with Crippen LogP contribution in [0.2, 0.25) is 0 Å². The first-order valence-electron chi connectivity index (χ1n) is 10.6. The number of sulfonamides is 1. The van der Waals surface area contributed by atoms with Gasteiger partial charge in [0.15, 0.2) is 0 Å². The fourth-order valence-electron chi connectivity index (χ4n) is 5.49. The highest BCUT2D eigenvalue weighted by atomic mass is 32.2. The van der Waals surface area contributed by atoms with E-state index < -0.39 is 10.0 Å². The van der Waals surface area contributed by atoms with E-state index in [2.05, 4.69) is 24.0 Å². The fraction of sp³-hybridized carbons (Fsp3) is 0.714. The Balaban J connectivity index is 1.63. The standard InChI is InChI=1S/C21H33N3O3S/c1-15-11-18-16(12-21(15)27-2)6-9-23-14-17-5-3-8-24(19(17)13-20(18)23)28(25,26)10-4-7-22/h11-12,17,19-20H,3-10,13-14,22H2,1-2H3/t17-,19+,20+/m1/s1. The second kappa shape index (κ2) is 7.94. The topological polar surface area (TPSA) is 75.9 Å². The molecule has 2 N–H and O–H groups in total. The minimum Gasteiger partial charge on any atom is -0.496 e. The maximum absolute atomic E-state index is 13.0. The highest BCUT2D eigenvalue weighted by molar-refractivity contribution is 7.89. The number of nitrogens with two attached hydrogens (primary N) is 1. The van der Waals surface area contributed by atoms with Gasteiger partial charge in [-0.25, -0.2) is 8.42 Å². The van der Waals surface area contributed by atoms with Crippen LogP contribution in [0.3, 0.4) is 0 Å². The Morgan fingerprint density at radius 3 is 2.86 bits per heavy atom.